The van der Waals surface area contributed by atoms with Gasteiger partial charge in [-0.2, -0.15) is 0 Å². The molecule has 0 spiro atoms. The number of anilines is 1. The van der Waals surface area contributed by atoms with Crippen molar-refractivity contribution in [2.75, 3.05) is 19.1 Å². The number of thiazole rings is 1. The number of aromatic nitrogens is 1. The molecule has 4 aromatic rings. The Morgan fingerprint density at radius 1 is 0.875 bits per heavy atom. The van der Waals surface area contributed by atoms with Crippen molar-refractivity contribution in [2.24, 2.45) is 4.99 Å². The first-order valence-electron chi connectivity index (χ1n) is 9.96. The van der Waals surface area contributed by atoms with E-state index in [0.717, 1.165) is 15.8 Å². The standard InChI is InChI=1S/C25H19N3O3S/c1-30-19-13-14-20(31-2)22-21(19)27-25(32-22)28-23(17-11-7-4-8-12-17)26-18(24(28)29)15-16-9-5-3-6-10-16/h3-15H,1-2H3. The van der Waals surface area contributed by atoms with Gasteiger partial charge in [-0.25, -0.2) is 14.9 Å². The maximum absolute atomic E-state index is 13.5. The summed E-state index contributed by atoms with van der Waals surface area (Å²) in [5.74, 6) is 1.60. The third-order valence-electron chi connectivity index (χ3n) is 5.09. The van der Waals surface area contributed by atoms with Gasteiger partial charge >= 0.3 is 0 Å². The van der Waals surface area contributed by atoms with Gasteiger partial charge in [0, 0.05) is 5.56 Å². The lowest BCUT2D eigenvalue weighted by atomic mass is 10.2. The zero-order valence-corrected chi connectivity index (χ0v) is 18.3. The van der Waals surface area contributed by atoms with Gasteiger partial charge in [0.2, 0.25) is 0 Å². The number of benzene rings is 3. The van der Waals surface area contributed by atoms with Crippen LogP contribution < -0.4 is 14.4 Å². The Hall–Kier alpha value is -3.97. The highest BCUT2D eigenvalue weighted by Crippen LogP contribution is 2.41. The van der Waals surface area contributed by atoms with E-state index < -0.39 is 0 Å². The topological polar surface area (TPSA) is 64.0 Å². The van der Waals surface area contributed by atoms with Gasteiger partial charge in [-0.05, 0) is 23.8 Å². The van der Waals surface area contributed by atoms with Crippen LogP contribution in [0, 0.1) is 0 Å². The number of amides is 1. The zero-order valence-electron chi connectivity index (χ0n) is 17.5. The number of rotatable bonds is 5. The van der Waals surface area contributed by atoms with E-state index in [1.807, 2.05) is 72.8 Å². The van der Waals surface area contributed by atoms with Crippen LogP contribution in [0.25, 0.3) is 16.3 Å². The molecule has 6 nitrogen and oxygen atoms in total. The van der Waals surface area contributed by atoms with Gasteiger partial charge in [0.15, 0.2) is 5.13 Å². The van der Waals surface area contributed by atoms with E-state index in [9.17, 15) is 4.79 Å². The molecule has 0 aliphatic carbocycles. The molecule has 0 bridgehead atoms. The lowest BCUT2D eigenvalue weighted by Crippen LogP contribution is -2.32. The number of ether oxygens (including phenoxy) is 2. The quantitative estimate of drug-likeness (QED) is 0.402. The van der Waals surface area contributed by atoms with Gasteiger partial charge < -0.3 is 9.47 Å². The molecule has 1 amide bonds. The SMILES string of the molecule is COc1ccc(OC)c2sc(N3C(=O)C(=Cc4ccccc4)N=C3c3ccccc3)nc12. The number of hydrogen-bond acceptors (Lipinski definition) is 6. The molecule has 7 heteroatoms. The normalized spacial score (nSPS) is 14.8. The van der Waals surface area contributed by atoms with E-state index in [0.29, 0.717) is 33.7 Å². The van der Waals surface area contributed by atoms with Gasteiger partial charge in [0.1, 0.15) is 33.2 Å². The largest absolute Gasteiger partial charge is 0.495 e. The van der Waals surface area contributed by atoms with Crippen molar-refractivity contribution in [1.82, 2.24) is 4.98 Å². The predicted molar refractivity (Wildman–Crippen MR) is 128 cm³/mol. The van der Waals surface area contributed by atoms with Gasteiger partial charge in [-0.1, -0.05) is 72.0 Å². The molecule has 0 N–H and O–H groups in total. The molecule has 1 aromatic heterocycles. The van der Waals surface area contributed by atoms with E-state index in [4.69, 9.17) is 19.5 Å². The summed E-state index contributed by atoms with van der Waals surface area (Å²) in [6, 6.07) is 22.9. The molecular formula is C25H19N3O3S. The fraction of sp³-hybridized carbons (Fsp3) is 0.0800. The summed E-state index contributed by atoms with van der Waals surface area (Å²) in [5.41, 5.74) is 2.73. The Labute approximate surface area is 189 Å². The monoisotopic (exact) mass is 441 g/mol. The summed E-state index contributed by atoms with van der Waals surface area (Å²) < 4.78 is 11.8. The van der Waals surface area contributed by atoms with Gasteiger partial charge in [0.25, 0.3) is 5.91 Å². The van der Waals surface area contributed by atoms with E-state index in [2.05, 4.69) is 0 Å². The zero-order chi connectivity index (χ0) is 22.1. The highest BCUT2D eigenvalue weighted by Gasteiger charge is 2.35. The summed E-state index contributed by atoms with van der Waals surface area (Å²) in [6.07, 6.45) is 1.79. The Kier molecular flexibility index (Phi) is 5.17. The van der Waals surface area contributed by atoms with Gasteiger partial charge in [0.05, 0.1) is 14.2 Å². The molecule has 1 aliphatic rings. The van der Waals surface area contributed by atoms with Crippen LogP contribution in [0.5, 0.6) is 11.5 Å². The van der Waals surface area contributed by atoms with Crippen LogP contribution in [0.4, 0.5) is 5.13 Å². The van der Waals surface area contributed by atoms with Crippen LogP contribution in [0.15, 0.2) is 83.5 Å². The van der Waals surface area contributed by atoms with Crippen LogP contribution in [-0.2, 0) is 4.79 Å². The van der Waals surface area contributed by atoms with Crippen molar-refractivity contribution in [3.05, 3.63) is 89.6 Å². The number of aliphatic imine (C=N–C) groups is 1. The lowest BCUT2D eigenvalue weighted by molar-refractivity contribution is -0.113. The first-order chi connectivity index (χ1) is 15.7. The molecule has 0 unspecified atom stereocenters. The van der Waals surface area contributed by atoms with Crippen LogP contribution in [0.2, 0.25) is 0 Å². The van der Waals surface area contributed by atoms with Crippen molar-refractivity contribution < 1.29 is 14.3 Å². The fourth-order valence-electron chi connectivity index (χ4n) is 3.55. The minimum Gasteiger partial charge on any atom is -0.495 e. The van der Waals surface area contributed by atoms with E-state index in [1.54, 1.807) is 25.2 Å². The molecule has 0 saturated heterocycles. The number of amidine groups is 1. The Morgan fingerprint density at radius 2 is 1.53 bits per heavy atom. The van der Waals surface area contributed by atoms with Crippen LogP contribution >= 0.6 is 11.3 Å². The molecule has 2 heterocycles. The Bertz CT molecular complexity index is 1320. The van der Waals surface area contributed by atoms with Crippen LogP contribution in [0.1, 0.15) is 11.1 Å². The molecule has 0 atom stereocenters. The second kappa shape index (κ2) is 8.28. The third-order valence-corrected chi connectivity index (χ3v) is 6.14. The average Bonchev–Trinajstić information content (AvgIpc) is 3.41. The van der Waals surface area contributed by atoms with E-state index in [-0.39, 0.29) is 5.91 Å². The summed E-state index contributed by atoms with van der Waals surface area (Å²) in [4.78, 5) is 24.5. The predicted octanol–water partition coefficient (Wildman–Crippen LogP) is 5.15. The van der Waals surface area contributed by atoms with Crippen molar-refractivity contribution in [3.63, 3.8) is 0 Å². The van der Waals surface area contributed by atoms with Crippen molar-refractivity contribution in [2.45, 2.75) is 0 Å². The molecule has 0 radical (unpaired) electrons. The third kappa shape index (κ3) is 3.42. The Morgan fingerprint density at radius 3 is 2.22 bits per heavy atom. The van der Waals surface area contributed by atoms with Crippen LogP contribution in [-0.4, -0.2) is 30.9 Å². The number of carbonyl (C=O) groups excluding carboxylic acids is 1. The second-order valence-electron chi connectivity index (χ2n) is 7.03. The summed E-state index contributed by atoms with van der Waals surface area (Å²) in [7, 11) is 3.21. The van der Waals surface area contributed by atoms with E-state index >= 15 is 0 Å². The molecule has 1 aliphatic heterocycles. The number of nitrogens with zero attached hydrogens (tertiary/aromatic N) is 3. The first-order valence-corrected chi connectivity index (χ1v) is 10.8. The number of fused-ring (bicyclic) bond motifs is 1. The first kappa shape index (κ1) is 20.0. The Balaban J connectivity index is 1.67. The molecule has 158 valence electrons. The molecule has 32 heavy (non-hydrogen) atoms. The summed E-state index contributed by atoms with van der Waals surface area (Å²) in [6.45, 7) is 0. The fourth-order valence-corrected chi connectivity index (χ4v) is 4.63. The summed E-state index contributed by atoms with van der Waals surface area (Å²) in [5, 5.41) is 0.506. The van der Waals surface area contributed by atoms with Crippen molar-refractivity contribution in [1.29, 1.82) is 0 Å². The van der Waals surface area contributed by atoms with E-state index in [1.165, 1.54) is 11.3 Å². The second-order valence-corrected chi connectivity index (χ2v) is 8.00. The number of hydrogen-bond donors (Lipinski definition) is 0. The molecule has 5 rings (SSSR count). The van der Waals surface area contributed by atoms with Crippen molar-refractivity contribution >= 4 is 44.5 Å². The number of carbonyl (C=O) groups is 1. The minimum atomic E-state index is -0.232. The maximum atomic E-state index is 13.5. The number of methoxy groups -OCH3 is 2. The van der Waals surface area contributed by atoms with Crippen LogP contribution in [0.3, 0.4) is 0 Å². The minimum absolute atomic E-state index is 0.232. The summed E-state index contributed by atoms with van der Waals surface area (Å²) >= 11 is 1.37. The van der Waals surface area contributed by atoms with Gasteiger partial charge in [-0.15, -0.1) is 0 Å². The van der Waals surface area contributed by atoms with Crippen molar-refractivity contribution in [3.8, 4) is 11.5 Å². The molecule has 0 fully saturated rings. The smallest absolute Gasteiger partial charge is 0.284 e. The molecular weight excluding hydrogens is 422 g/mol. The molecule has 3 aromatic carbocycles. The highest BCUT2D eigenvalue weighted by atomic mass is 32.1. The lowest BCUT2D eigenvalue weighted by Gasteiger charge is -2.14. The average molecular weight is 442 g/mol. The van der Waals surface area contributed by atoms with Gasteiger partial charge in [-0.3, -0.25) is 4.79 Å². The molecule has 0 saturated carbocycles. The highest BCUT2D eigenvalue weighted by molar-refractivity contribution is 7.23. The maximum Gasteiger partial charge on any atom is 0.284 e.